The summed E-state index contributed by atoms with van der Waals surface area (Å²) in [6.07, 6.45) is 2.21. The van der Waals surface area contributed by atoms with Crippen LogP contribution in [0.5, 0.6) is 0 Å². The second-order valence-electron chi connectivity index (χ2n) is 7.75. The van der Waals surface area contributed by atoms with Crippen molar-refractivity contribution in [3.8, 4) is 16.8 Å². The fourth-order valence-electron chi connectivity index (χ4n) is 2.99. The fourth-order valence-corrected chi connectivity index (χ4v) is 4.57. The predicted molar refractivity (Wildman–Crippen MR) is 115 cm³/mol. The van der Waals surface area contributed by atoms with E-state index >= 15 is 0 Å². The maximum Gasteiger partial charge on any atom is 0.234 e. The van der Waals surface area contributed by atoms with Crippen molar-refractivity contribution >= 4 is 29.0 Å². The number of carbonyl (C=O) groups excluding carboxylic acids is 1. The molecule has 3 atom stereocenters. The molecule has 3 unspecified atom stereocenters. The number of thiophene rings is 1. The van der Waals surface area contributed by atoms with E-state index in [1.807, 2.05) is 38.3 Å². The minimum atomic E-state index is -0.903. The summed E-state index contributed by atoms with van der Waals surface area (Å²) in [6.45, 7) is 8.87. The predicted octanol–water partition coefficient (Wildman–Crippen LogP) is 3.72. The average molecular weight is 434 g/mol. The lowest BCUT2D eigenvalue weighted by molar-refractivity contribution is -0.121. The molecule has 29 heavy (non-hydrogen) atoms. The normalized spacial score (nSPS) is 19.7. The molecule has 0 radical (unpaired) electrons. The Morgan fingerprint density at radius 3 is 2.90 bits per heavy atom. The second kappa shape index (κ2) is 9.28. The van der Waals surface area contributed by atoms with Crippen molar-refractivity contribution in [2.75, 3.05) is 6.61 Å². The molecular formula is C20H27N5O2S2. The van der Waals surface area contributed by atoms with Crippen LogP contribution >= 0.6 is 23.1 Å². The number of nitrogens with zero attached hydrogens (tertiary/aromatic N) is 4. The Bertz CT molecular complexity index is 868. The van der Waals surface area contributed by atoms with Crippen LogP contribution in [0, 0.1) is 17.2 Å². The first-order valence-electron chi connectivity index (χ1n) is 9.82. The standard InChI is InChI=1S/C20H27N5O2S2/c1-13(2)20(4,12-21)22-18(26)14(3)29-19-24-23-17(16-8-6-10-28-16)25(19)11-15-7-5-9-27-15/h6,8,10,13-15H,5,7,9,11H2,1-4H3,(H,22,26). The van der Waals surface area contributed by atoms with Gasteiger partial charge in [-0.1, -0.05) is 31.7 Å². The number of nitrogens with one attached hydrogen (secondary N) is 1. The number of amides is 1. The molecule has 9 heteroatoms. The van der Waals surface area contributed by atoms with Gasteiger partial charge in [0.25, 0.3) is 0 Å². The Labute approximate surface area is 179 Å². The van der Waals surface area contributed by atoms with Gasteiger partial charge in [-0.15, -0.1) is 21.5 Å². The topological polar surface area (TPSA) is 92.8 Å². The molecule has 1 amide bonds. The highest BCUT2D eigenvalue weighted by atomic mass is 32.2. The Balaban J connectivity index is 1.79. The van der Waals surface area contributed by atoms with Crippen LogP contribution in [0.1, 0.15) is 40.5 Å². The van der Waals surface area contributed by atoms with E-state index < -0.39 is 10.8 Å². The van der Waals surface area contributed by atoms with Gasteiger partial charge in [-0.3, -0.25) is 9.36 Å². The zero-order valence-electron chi connectivity index (χ0n) is 17.2. The third-order valence-electron chi connectivity index (χ3n) is 5.29. The summed E-state index contributed by atoms with van der Waals surface area (Å²) >= 11 is 2.97. The highest BCUT2D eigenvalue weighted by Gasteiger charge is 2.32. The van der Waals surface area contributed by atoms with Crippen molar-refractivity contribution in [3.63, 3.8) is 0 Å². The Hall–Kier alpha value is -1.89. The van der Waals surface area contributed by atoms with Crippen LogP contribution in [0.4, 0.5) is 0 Å². The Morgan fingerprint density at radius 1 is 1.52 bits per heavy atom. The van der Waals surface area contributed by atoms with Crippen LogP contribution in [0.2, 0.25) is 0 Å². The molecule has 2 aromatic rings. The van der Waals surface area contributed by atoms with Crippen molar-refractivity contribution < 1.29 is 9.53 Å². The molecule has 156 valence electrons. The monoisotopic (exact) mass is 433 g/mol. The summed E-state index contributed by atoms with van der Waals surface area (Å²) in [4.78, 5) is 13.8. The highest BCUT2D eigenvalue weighted by molar-refractivity contribution is 8.00. The number of ether oxygens (including phenoxy) is 1. The van der Waals surface area contributed by atoms with E-state index in [2.05, 4.69) is 26.2 Å². The second-order valence-corrected chi connectivity index (χ2v) is 10.0. The smallest absolute Gasteiger partial charge is 0.234 e. The van der Waals surface area contributed by atoms with Crippen LogP contribution in [-0.2, 0) is 16.1 Å². The molecule has 1 fully saturated rings. The maximum absolute atomic E-state index is 12.8. The number of hydrogen-bond donors (Lipinski definition) is 1. The molecule has 1 saturated heterocycles. The molecular weight excluding hydrogens is 406 g/mol. The van der Waals surface area contributed by atoms with Gasteiger partial charge >= 0.3 is 0 Å². The van der Waals surface area contributed by atoms with Crippen molar-refractivity contribution in [2.24, 2.45) is 5.92 Å². The average Bonchev–Trinajstić information content (AvgIpc) is 3.44. The molecule has 0 bridgehead atoms. The first-order chi connectivity index (χ1) is 13.8. The van der Waals surface area contributed by atoms with E-state index in [1.54, 1.807) is 18.3 Å². The van der Waals surface area contributed by atoms with Gasteiger partial charge < -0.3 is 10.1 Å². The van der Waals surface area contributed by atoms with Crippen LogP contribution in [0.3, 0.4) is 0 Å². The number of thioether (sulfide) groups is 1. The van der Waals surface area contributed by atoms with Gasteiger partial charge in [0, 0.05) is 6.61 Å². The number of rotatable bonds is 8. The zero-order valence-corrected chi connectivity index (χ0v) is 18.8. The van der Waals surface area contributed by atoms with Crippen LogP contribution in [0.15, 0.2) is 22.7 Å². The molecule has 1 aliphatic heterocycles. The maximum atomic E-state index is 12.8. The van der Waals surface area contributed by atoms with Crippen molar-refractivity contribution in [1.29, 1.82) is 5.26 Å². The minimum Gasteiger partial charge on any atom is -0.376 e. The van der Waals surface area contributed by atoms with Crippen molar-refractivity contribution in [1.82, 2.24) is 20.1 Å². The Morgan fingerprint density at radius 2 is 2.31 bits per heavy atom. The van der Waals surface area contributed by atoms with Crippen LogP contribution in [0.25, 0.3) is 10.7 Å². The van der Waals surface area contributed by atoms with Gasteiger partial charge in [-0.25, -0.2) is 0 Å². The van der Waals surface area contributed by atoms with E-state index in [9.17, 15) is 10.1 Å². The lowest BCUT2D eigenvalue weighted by Gasteiger charge is -2.28. The molecule has 3 rings (SSSR count). The first-order valence-corrected chi connectivity index (χ1v) is 11.6. The summed E-state index contributed by atoms with van der Waals surface area (Å²) in [6, 6.07) is 6.23. The quantitative estimate of drug-likeness (QED) is 0.638. The molecule has 0 spiro atoms. The number of carbonyl (C=O) groups is 1. The van der Waals surface area contributed by atoms with Gasteiger partial charge in [0.2, 0.25) is 5.91 Å². The largest absolute Gasteiger partial charge is 0.376 e. The van der Waals surface area contributed by atoms with E-state index in [1.165, 1.54) is 11.8 Å². The minimum absolute atomic E-state index is 0.00208. The van der Waals surface area contributed by atoms with Gasteiger partial charge in [-0.05, 0) is 44.1 Å². The van der Waals surface area contributed by atoms with E-state index in [-0.39, 0.29) is 17.9 Å². The third kappa shape index (κ3) is 5.00. The molecule has 1 N–H and O–H groups in total. The van der Waals surface area contributed by atoms with Crippen LogP contribution in [-0.4, -0.2) is 44.2 Å². The summed E-state index contributed by atoms with van der Waals surface area (Å²) in [7, 11) is 0. The fraction of sp³-hybridized carbons (Fsp3) is 0.600. The molecule has 0 aliphatic carbocycles. The SMILES string of the molecule is CC(Sc1nnc(-c2cccs2)n1CC1CCCO1)C(=O)NC(C)(C#N)C(C)C. The lowest BCUT2D eigenvalue weighted by Crippen LogP contribution is -2.51. The lowest BCUT2D eigenvalue weighted by atomic mass is 9.90. The highest BCUT2D eigenvalue weighted by Crippen LogP contribution is 2.31. The van der Waals surface area contributed by atoms with Gasteiger partial charge in [0.15, 0.2) is 11.0 Å². The third-order valence-corrected chi connectivity index (χ3v) is 7.24. The number of hydrogen-bond acceptors (Lipinski definition) is 7. The van der Waals surface area contributed by atoms with Crippen molar-refractivity contribution in [2.45, 2.75) is 69.1 Å². The molecule has 3 heterocycles. The summed E-state index contributed by atoms with van der Waals surface area (Å²) < 4.78 is 7.87. The van der Waals surface area contributed by atoms with Crippen molar-refractivity contribution in [3.05, 3.63) is 17.5 Å². The molecule has 7 nitrogen and oxygen atoms in total. The summed E-state index contributed by atoms with van der Waals surface area (Å²) in [5.74, 6) is 0.619. The van der Waals surface area contributed by atoms with Gasteiger partial charge in [0.1, 0.15) is 5.54 Å². The van der Waals surface area contributed by atoms with E-state index in [0.29, 0.717) is 11.7 Å². The van der Waals surface area contributed by atoms with Gasteiger partial charge in [0.05, 0.1) is 28.8 Å². The number of nitriles is 1. The zero-order chi connectivity index (χ0) is 21.0. The summed E-state index contributed by atoms with van der Waals surface area (Å²) in [5.41, 5.74) is -0.903. The molecule has 0 aromatic carbocycles. The van der Waals surface area contributed by atoms with Gasteiger partial charge in [-0.2, -0.15) is 5.26 Å². The first kappa shape index (κ1) is 21.8. The summed E-state index contributed by atoms with van der Waals surface area (Å²) in [5, 5.41) is 23.4. The van der Waals surface area contributed by atoms with E-state index in [4.69, 9.17) is 4.74 Å². The molecule has 0 saturated carbocycles. The van der Waals surface area contributed by atoms with E-state index in [0.717, 1.165) is 30.2 Å². The number of aromatic nitrogens is 3. The Kier molecular flexibility index (Phi) is 6.98. The molecule has 1 aliphatic rings. The molecule has 2 aromatic heterocycles. The van der Waals surface area contributed by atoms with Crippen LogP contribution < -0.4 is 5.32 Å².